The van der Waals surface area contributed by atoms with Crippen molar-refractivity contribution in [2.45, 2.75) is 26.4 Å². The van der Waals surface area contributed by atoms with Gasteiger partial charge in [0.1, 0.15) is 10.6 Å². The molecule has 1 aromatic heterocycles. The summed E-state index contributed by atoms with van der Waals surface area (Å²) in [7, 11) is -1.82. The number of rotatable bonds is 3. The SMILES string of the molecule is COC(=O)c1nc(N2CCS(=O)(=O)CC2)sc1NC(=O)OC(C)(C)C. The third-order valence-corrected chi connectivity index (χ3v) is 5.86. The van der Waals surface area contributed by atoms with Crippen molar-refractivity contribution in [1.29, 1.82) is 0 Å². The van der Waals surface area contributed by atoms with Crippen molar-refractivity contribution in [3.8, 4) is 0 Å². The number of thiazole rings is 1. The number of hydrogen-bond donors (Lipinski definition) is 1. The maximum atomic E-state index is 12.0. The molecule has 9 nitrogen and oxygen atoms in total. The molecule has 0 saturated carbocycles. The molecule has 1 aliphatic heterocycles. The number of esters is 1. The Labute approximate surface area is 150 Å². The highest BCUT2D eigenvalue weighted by Crippen LogP contribution is 2.32. The Morgan fingerprint density at radius 1 is 1.24 bits per heavy atom. The van der Waals surface area contributed by atoms with Gasteiger partial charge < -0.3 is 14.4 Å². The number of hydrogen-bond acceptors (Lipinski definition) is 9. The van der Waals surface area contributed by atoms with Crippen molar-refractivity contribution in [2.24, 2.45) is 0 Å². The molecule has 1 N–H and O–H groups in total. The molecule has 0 radical (unpaired) electrons. The molecule has 2 rings (SSSR count). The summed E-state index contributed by atoms with van der Waals surface area (Å²) in [5.41, 5.74) is -0.730. The van der Waals surface area contributed by atoms with Crippen LogP contribution in [0.15, 0.2) is 0 Å². The Morgan fingerprint density at radius 2 is 1.84 bits per heavy atom. The molecular formula is C14H21N3O6S2. The molecule has 140 valence electrons. The van der Waals surface area contributed by atoms with Crippen LogP contribution in [0.4, 0.5) is 14.9 Å². The second-order valence-electron chi connectivity index (χ2n) is 6.43. The Kier molecular flexibility index (Phi) is 5.57. The van der Waals surface area contributed by atoms with Crippen LogP contribution < -0.4 is 10.2 Å². The van der Waals surface area contributed by atoms with Crippen LogP contribution in [0, 0.1) is 0 Å². The monoisotopic (exact) mass is 391 g/mol. The summed E-state index contributed by atoms with van der Waals surface area (Å²) in [6.07, 6.45) is -0.714. The van der Waals surface area contributed by atoms with Crippen molar-refractivity contribution in [2.75, 3.05) is 41.9 Å². The Hall–Kier alpha value is -1.88. The highest BCUT2D eigenvalue weighted by Gasteiger charge is 2.28. The molecule has 1 saturated heterocycles. The largest absolute Gasteiger partial charge is 0.464 e. The fraction of sp³-hybridized carbons (Fsp3) is 0.643. The molecule has 1 amide bonds. The van der Waals surface area contributed by atoms with Crippen LogP contribution in [-0.4, -0.2) is 62.8 Å². The van der Waals surface area contributed by atoms with Gasteiger partial charge in [-0.05, 0) is 20.8 Å². The summed E-state index contributed by atoms with van der Waals surface area (Å²) in [6, 6.07) is 0. The van der Waals surface area contributed by atoms with E-state index in [0.717, 1.165) is 11.3 Å². The molecule has 0 unspecified atom stereocenters. The number of nitrogens with one attached hydrogen (secondary N) is 1. The third kappa shape index (κ3) is 5.30. The number of ether oxygens (including phenoxy) is 2. The fourth-order valence-electron chi connectivity index (χ4n) is 2.06. The lowest BCUT2D eigenvalue weighted by molar-refractivity contribution is 0.0596. The summed E-state index contributed by atoms with van der Waals surface area (Å²) in [5.74, 6) is -0.651. The first-order valence-electron chi connectivity index (χ1n) is 7.55. The number of amides is 1. The molecule has 0 atom stereocenters. The van der Waals surface area contributed by atoms with E-state index in [2.05, 4.69) is 10.3 Å². The zero-order chi connectivity index (χ0) is 18.8. The van der Waals surface area contributed by atoms with Gasteiger partial charge in [-0.3, -0.25) is 5.32 Å². The first-order valence-corrected chi connectivity index (χ1v) is 10.2. The molecule has 0 aliphatic carbocycles. The molecule has 25 heavy (non-hydrogen) atoms. The molecule has 0 aromatic carbocycles. The number of carbonyl (C=O) groups excluding carboxylic acids is 2. The second-order valence-corrected chi connectivity index (χ2v) is 9.71. The van der Waals surface area contributed by atoms with E-state index in [9.17, 15) is 18.0 Å². The summed E-state index contributed by atoms with van der Waals surface area (Å²) in [4.78, 5) is 29.8. The summed E-state index contributed by atoms with van der Waals surface area (Å²) >= 11 is 1.07. The van der Waals surface area contributed by atoms with E-state index in [0.29, 0.717) is 5.13 Å². The van der Waals surface area contributed by atoms with Gasteiger partial charge in [-0.2, -0.15) is 0 Å². The summed E-state index contributed by atoms with van der Waals surface area (Å²) < 4.78 is 32.9. The van der Waals surface area contributed by atoms with Crippen LogP contribution in [0.2, 0.25) is 0 Å². The van der Waals surface area contributed by atoms with Crippen molar-refractivity contribution in [3.05, 3.63) is 5.69 Å². The van der Waals surface area contributed by atoms with Crippen molar-refractivity contribution in [3.63, 3.8) is 0 Å². The number of methoxy groups -OCH3 is 1. The normalized spacial score (nSPS) is 17.0. The van der Waals surface area contributed by atoms with Crippen LogP contribution in [0.3, 0.4) is 0 Å². The van der Waals surface area contributed by atoms with Gasteiger partial charge in [0.15, 0.2) is 20.7 Å². The zero-order valence-corrected chi connectivity index (χ0v) is 16.1. The maximum absolute atomic E-state index is 12.0. The summed E-state index contributed by atoms with van der Waals surface area (Å²) in [6.45, 7) is 5.73. The van der Waals surface area contributed by atoms with Crippen molar-refractivity contribution in [1.82, 2.24) is 4.98 Å². The smallest absolute Gasteiger partial charge is 0.412 e. The van der Waals surface area contributed by atoms with E-state index in [1.165, 1.54) is 7.11 Å². The molecule has 0 spiro atoms. The molecule has 2 heterocycles. The number of aromatic nitrogens is 1. The first kappa shape index (κ1) is 19.4. The third-order valence-electron chi connectivity index (χ3n) is 3.22. The first-order chi connectivity index (χ1) is 11.5. The molecule has 1 aliphatic rings. The molecule has 0 bridgehead atoms. The predicted molar refractivity (Wildman–Crippen MR) is 94.2 cm³/mol. The summed E-state index contributed by atoms with van der Waals surface area (Å²) in [5, 5.41) is 3.15. The van der Waals surface area contributed by atoms with E-state index < -0.39 is 27.5 Å². The molecular weight excluding hydrogens is 370 g/mol. The number of nitrogens with zero attached hydrogens (tertiary/aromatic N) is 2. The average Bonchev–Trinajstić information content (AvgIpc) is 2.88. The van der Waals surface area contributed by atoms with E-state index in [1.807, 2.05) is 0 Å². The van der Waals surface area contributed by atoms with Gasteiger partial charge in [0.25, 0.3) is 0 Å². The number of anilines is 2. The van der Waals surface area contributed by atoms with Gasteiger partial charge in [-0.1, -0.05) is 11.3 Å². The number of carbonyl (C=O) groups is 2. The van der Waals surface area contributed by atoms with Crippen LogP contribution in [0.25, 0.3) is 0 Å². The van der Waals surface area contributed by atoms with Gasteiger partial charge >= 0.3 is 12.1 Å². The van der Waals surface area contributed by atoms with Gasteiger partial charge in [-0.15, -0.1) is 0 Å². The van der Waals surface area contributed by atoms with E-state index in [-0.39, 0.29) is 35.3 Å². The van der Waals surface area contributed by atoms with Crippen molar-refractivity contribution >= 4 is 43.4 Å². The van der Waals surface area contributed by atoms with Gasteiger partial charge in [0.2, 0.25) is 0 Å². The molecule has 1 aromatic rings. The van der Waals surface area contributed by atoms with Gasteiger partial charge in [-0.25, -0.2) is 23.0 Å². The highest BCUT2D eigenvalue weighted by molar-refractivity contribution is 7.91. The topological polar surface area (TPSA) is 115 Å². The van der Waals surface area contributed by atoms with E-state index in [1.54, 1.807) is 25.7 Å². The zero-order valence-electron chi connectivity index (χ0n) is 14.5. The lowest BCUT2D eigenvalue weighted by atomic mass is 10.2. The van der Waals surface area contributed by atoms with Gasteiger partial charge in [0, 0.05) is 13.1 Å². The van der Waals surface area contributed by atoms with Crippen LogP contribution in [0.5, 0.6) is 0 Å². The lowest BCUT2D eigenvalue weighted by Crippen LogP contribution is -2.40. The maximum Gasteiger partial charge on any atom is 0.412 e. The number of sulfone groups is 1. The molecule has 11 heteroatoms. The quantitative estimate of drug-likeness (QED) is 0.771. The Bertz CT molecular complexity index is 752. The second kappa shape index (κ2) is 7.16. The molecule has 1 fully saturated rings. The van der Waals surface area contributed by atoms with Crippen molar-refractivity contribution < 1.29 is 27.5 Å². The van der Waals surface area contributed by atoms with Crippen LogP contribution in [0.1, 0.15) is 31.3 Å². The Morgan fingerprint density at radius 3 is 2.36 bits per heavy atom. The van der Waals surface area contributed by atoms with E-state index in [4.69, 9.17) is 9.47 Å². The Balaban J connectivity index is 2.22. The van der Waals surface area contributed by atoms with Crippen LogP contribution >= 0.6 is 11.3 Å². The lowest BCUT2D eigenvalue weighted by Gasteiger charge is -2.25. The minimum absolute atomic E-state index is 0.0228. The standard InChI is InChI=1S/C14H21N3O6S2/c1-14(2,3)23-13(19)16-10-9(11(18)22-4)15-12(24-10)17-5-7-25(20,21)8-6-17/h5-8H2,1-4H3,(H,16,19). The van der Waals surface area contributed by atoms with Gasteiger partial charge in [0.05, 0.1) is 18.6 Å². The van der Waals surface area contributed by atoms with E-state index >= 15 is 0 Å². The minimum Gasteiger partial charge on any atom is -0.464 e. The highest BCUT2D eigenvalue weighted by atomic mass is 32.2. The minimum atomic E-state index is -3.03. The fourth-order valence-corrected chi connectivity index (χ4v) is 4.26. The predicted octanol–water partition coefficient (Wildman–Crippen LogP) is 1.51. The van der Waals surface area contributed by atoms with Crippen LogP contribution in [-0.2, 0) is 19.3 Å². The average molecular weight is 391 g/mol.